The Labute approximate surface area is 149 Å². The highest BCUT2D eigenvalue weighted by Gasteiger charge is 2.18. The fourth-order valence-electron chi connectivity index (χ4n) is 1.35. The van der Waals surface area contributed by atoms with Gasteiger partial charge in [-0.25, -0.2) is 4.98 Å². The van der Waals surface area contributed by atoms with Crippen molar-refractivity contribution in [3.63, 3.8) is 0 Å². The van der Waals surface area contributed by atoms with Crippen LogP contribution >= 0.6 is 46.5 Å². The number of halogens is 1. The number of nitrogens with zero attached hydrogens (tertiary/aromatic N) is 3. The lowest BCUT2D eigenvalue weighted by atomic mass is 10.4. The molecule has 122 valence electrons. The van der Waals surface area contributed by atoms with Crippen molar-refractivity contribution in [2.75, 3.05) is 11.1 Å². The van der Waals surface area contributed by atoms with Crippen LogP contribution in [0.4, 0.5) is 5.69 Å². The van der Waals surface area contributed by atoms with E-state index in [1.165, 1.54) is 34.9 Å². The van der Waals surface area contributed by atoms with Gasteiger partial charge >= 0.3 is 0 Å². The molecule has 2 heterocycles. The highest BCUT2D eigenvalue weighted by atomic mass is 35.5. The van der Waals surface area contributed by atoms with Crippen LogP contribution in [0.1, 0.15) is 6.92 Å². The summed E-state index contributed by atoms with van der Waals surface area (Å²) in [5.74, 6) is -0.485. The van der Waals surface area contributed by atoms with E-state index in [2.05, 4.69) is 20.5 Å². The topological polar surface area (TPSA) is 111 Å². The van der Waals surface area contributed by atoms with Gasteiger partial charge in [-0.05, 0) is 19.1 Å². The summed E-state index contributed by atoms with van der Waals surface area (Å²) in [6, 6.07) is 3.36. The van der Waals surface area contributed by atoms with Crippen LogP contribution < -0.4 is 11.1 Å². The third-order valence-electron chi connectivity index (χ3n) is 2.39. The fraction of sp³-hybridized carbons (Fsp3) is 0.250. The molecule has 0 bridgehead atoms. The number of thioether (sulfide) groups is 2. The summed E-state index contributed by atoms with van der Waals surface area (Å²) in [5, 5.41) is 10.5. The molecule has 7 nitrogen and oxygen atoms in total. The summed E-state index contributed by atoms with van der Waals surface area (Å²) in [5.41, 5.74) is 5.54. The third-order valence-corrected chi connectivity index (χ3v) is 5.95. The maximum absolute atomic E-state index is 12.2. The van der Waals surface area contributed by atoms with E-state index in [0.29, 0.717) is 14.4 Å². The second-order valence-electron chi connectivity index (χ2n) is 4.18. The van der Waals surface area contributed by atoms with E-state index in [4.69, 9.17) is 17.3 Å². The minimum absolute atomic E-state index is 0.148. The maximum atomic E-state index is 12.2. The molecule has 11 heteroatoms. The zero-order valence-corrected chi connectivity index (χ0v) is 15.1. The van der Waals surface area contributed by atoms with Gasteiger partial charge < -0.3 is 11.1 Å². The summed E-state index contributed by atoms with van der Waals surface area (Å²) >= 11 is 9.70. The number of amides is 2. The lowest BCUT2D eigenvalue weighted by Gasteiger charge is -2.10. The van der Waals surface area contributed by atoms with E-state index in [1.807, 2.05) is 0 Å². The Bertz CT molecular complexity index is 712. The summed E-state index contributed by atoms with van der Waals surface area (Å²) in [6.07, 6.45) is 1.54. The van der Waals surface area contributed by atoms with Gasteiger partial charge in [0.15, 0.2) is 13.8 Å². The number of carbonyl (C=O) groups is 2. The van der Waals surface area contributed by atoms with E-state index in [1.54, 1.807) is 25.3 Å². The lowest BCUT2D eigenvalue weighted by molar-refractivity contribution is -0.116. The number of primary amides is 1. The van der Waals surface area contributed by atoms with Gasteiger partial charge in [-0.3, -0.25) is 9.59 Å². The molecule has 0 aliphatic carbocycles. The molecule has 2 rings (SSSR count). The Morgan fingerprint density at radius 3 is 2.87 bits per heavy atom. The average molecular weight is 390 g/mol. The zero-order chi connectivity index (χ0) is 16.8. The first-order chi connectivity index (χ1) is 11.0. The number of anilines is 1. The van der Waals surface area contributed by atoms with Crippen molar-refractivity contribution in [2.24, 2.45) is 5.73 Å². The first-order valence-electron chi connectivity index (χ1n) is 6.28. The number of nitrogens with two attached hydrogens (primary N) is 1. The van der Waals surface area contributed by atoms with Crippen molar-refractivity contribution in [1.82, 2.24) is 15.2 Å². The molecule has 2 aromatic heterocycles. The quantitative estimate of drug-likeness (QED) is 0.552. The first kappa shape index (κ1) is 18.0. The van der Waals surface area contributed by atoms with Crippen LogP contribution in [0.25, 0.3) is 0 Å². The van der Waals surface area contributed by atoms with Crippen molar-refractivity contribution >= 4 is 64.0 Å². The molecule has 0 spiro atoms. The Morgan fingerprint density at radius 2 is 2.17 bits per heavy atom. The van der Waals surface area contributed by atoms with Crippen LogP contribution in [0.15, 0.2) is 27.0 Å². The Morgan fingerprint density at radius 1 is 1.43 bits per heavy atom. The predicted octanol–water partition coefficient (Wildman–Crippen LogP) is 2.28. The number of hydrogen-bond acceptors (Lipinski definition) is 8. The molecule has 3 N–H and O–H groups in total. The van der Waals surface area contributed by atoms with Crippen LogP contribution in [-0.2, 0) is 9.59 Å². The first-order valence-corrected chi connectivity index (χ1v) is 9.34. The molecule has 0 saturated heterocycles. The van der Waals surface area contributed by atoms with Crippen LogP contribution in [-0.4, -0.2) is 38.0 Å². The SMILES string of the molecule is C[C@@H](Sc1nnc(SCC(N)=O)s1)C(=O)Nc1cccnc1Cl. The van der Waals surface area contributed by atoms with Crippen molar-refractivity contribution in [3.05, 3.63) is 23.5 Å². The summed E-state index contributed by atoms with van der Waals surface area (Å²) in [6.45, 7) is 1.75. The van der Waals surface area contributed by atoms with Gasteiger partial charge in [0.1, 0.15) is 0 Å². The maximum Gasteiger partial charge on any atom is 0.237 e. The molecule has 0 aliphatic heterocycles. The van der Waals surface area contributed by atoms with Crippen LogP contribution in [0.2, 0.25) is 5.15 Å². The predicted molar refractivity (Wildman–Crippen MR) is 93.0 cm³/mol. The second-order valence-corrected chi connectivity index (χ2v) is 8.33. The zero-order valence-electron chi connectivity index (χ0n) is 11.9. The van der Waals surface area contributed by atoms with Gasteiger partial charge in [-0.2, -0.15) is 0 Å². The molecule has 0 saturated carbocycles. The Balaban J connectivity index is 1.91. The molecule has 0 aromatic carbocycles. The molecule has 0 radical (unpaired) electrons. The largest absolute Gasteiger partial charge is 0.369 e. The van der Waals surface area contributed by atoms with Gasteiger partial charge in [0.05, 0.1) is 16.7 Å². The van der Waals surface area contributed by atoms with Gasteiger partial charge in [0.25, 0.3) is 0 Å². The lowest BCUT2D eigenvalue weighted by Crippen LogP contribution is -2.22. The standard InChI is InChI=1S/C12H12ClN5O2S3/c1-6(10(20)16-7-3-2-4-15-9(7)13)22-12-18-17-11(23-12)21-5-8(14)19/h2-4,6H,5H2,1H3,(H2,14,19)(H,16,20)/t6-/m1/s1. The number of aromatic nitrogens is 3. The Kier molecular flexibility index (Phi) is 6.63. The summed E-state index contributed by atoms with van der Waals surface area (Å²) < 4.78 is 1.27. The molecule has 2 amide bonds. The molecule has 2 aromatic rings. The van der Waals surface area contributed by atoms with Crippen LogP contribution in [0.3, 0.4) is 0 Å². The van der Waals surface area contributed by atoms with E-state index < -0.39 is 11.2 Å². The second kappa shape index (κ2) is 8.48. The van der Waals surface area contributed by atoms with Gasteiger partial charge in [0, 0.05) is 6.20 Å². The van der Waals surface area contributed by atoms with Crippen molar-refractivity contribution in [2.45, 2.75) is 20.9 Å². The van der Waals surface area contributed by atoms with Gasteiger partial charge in [-0.15, -0.1) is 10.2 Å². The minimum Gasteiger partial charge on any atom is -0.369 e. The molecular formula is C12H12ClN5O2S3. The van der Waals surface area contributed by atoms with Crippen molar-refractivity contribution in [3.8, 4) is 0 Å². The number of pyridine rings is 1. The number of hydrogen-bond donors (Lipinski definition) is 2. The number of rotatable bonds is 7. The average Bonchev–Trinajstić information content (AvgIpc) is 2.95. The summed E-state index contributed by atoms with van der Waals surface area (Å²) in [7, 11) is 0. The summed E-state index contributed by atoms with van der Waals surface area (Å²) in [4.78, 5) is 26.8. The van der Waals surface area contributed by atoms with Crippen LogP contribution in [0, 0.1) is 0 Å². The monoisotopic (exact) mass is 389 g/mol. The third kappa shape index (κ3) is 5.65. The number of carbonyl (C=O) groups excluding carboxylic acids is 2. The molecular weight excluding hydrogens is 378 g/mol. The van der Waals surface area contributed by atoms with Crippen LogP contribution in [0.5, 0.6) is 0 Å². The highest BCUT2D eigenvalue weighted by molar-refractivity contribution is 8.04. The smallest absolute Gasteiger partial charge is 0.237 e. The number of nitrogens with one attached hydrogen (secondary N) is 1. The minimum atomic E-state index is -0.416. The van der Waals surface area contributed by atoms with Gasteiger partial charge in [-0.1, -0.05) is 46.5 Å². The molecule has 0 unspecified atom stereocenters. The van der Waals surface area contributed by atoms with E-state index >= 15 is 0 Å². The molecule has 23 heavy (non-hydrogen) atoms. The van der Waals surface area contributed by atoms with E-state index in [9.17, 15) is 9.59 Å². The van der Waals surface area contributed by atoms with E-state index in [0.717, 1.165) is 0 Å². The van der Waals surface area contributed by atoms with Crippen molar-refractivity contribution in [1.29, 1.82) is 0 Å². The Hall–Kier alpha value is -1.36. The van der Waals surface area contributed by atoms with E-state index in [-0.39, 0.29) is 16.8 Å². The molecule has 0 fully saturated rings. The normalized spacial score (nSPS) is 11.9. The molecule has 0 aliphatic rings. The molecule has 1 atom stereocenters. The van der Waals surface area contributed by atoms with Gasteiger partial charge in [0.2, 0.25) is 11.8 Å². The van der Waals surface area contributed by atoms with Crippen molar-refractivity contribution < 1.29 is 9.59 Å². The fourth-order valence-corrected chi connectivity index (χ4v) is 4.42. The highest BCUT2D eigenvalue weighted by Crippen LogP contribution is 2.31.